The molecule has 14 heavy (non-hydrogen) atoms. The molecule has 1 atom stereocenters. The van der Waals surface area contributed by atoms with Gasteiger partial charge < -0.3 is 4.74 Å². The molecule has 0 saturated heterocycles. The molecule has 0 bridgehead atoms. The lowest BCUT2D eigenvalue weighted by atomic mass is 10.3. The van der Waals surface area contributed by atoms with Crippen LogP contribution in [0.25, 0.3) is 0 Å². The normalized spacial score (nSPS) is 12.1. The Bertz CT molecular complexity index is 346. The van der Waals surface area contributed by atoms with Crippen LogP contribution in [0.2, 0.25) is 0 Å². The van der Waals surface area contributed by atoms with Crippen LogP contribution >= 0.6 is 15.9 Å². The summed E-state index contributed by atoms with van der Waals surface area (Å²) in [5, 5.41) is 0. The Labute approximate surface area is 94.6 Å². The van der Waals surface area contributed by atoms with Crippen LogP contribution in [0.3, 0.4) is 0 Å². The lowest BCUT2D eigenvalue weighted by Gasteiger charge is -2.02. The summed E-state index contributed by atoms with van der Waals surface area (Å²) in [5.41, 5.74) is 0. The van der Waals surface area contributed by atoms with Gasteiger partial charge in [-0.15, -0.1) is 0 Å². The third-order valence-electron chi connectivity index (χ3n) is 1.61. The van der Waals surface area contributed by atoms with Crippen LogP contribution in [0.5, 0.6) is 5.75 Å². The Kier molecular flexibility index (Phi) is 4.35. The summed E-state index contributed by atoms with van der Waals surface area (Å²) in [6, 6.07) is 7.18. The summed E-state index contributed by atoms with van der Waals surface area (Å²) in [5.74, 6) is 1.20. The minimum absolute atomic E-state index is 0.437. The average molecular weight is 275 g/mol. The van der Waals surface area contributed by atoms with Gasteiger partial charge in [0.1, 0.15) is 5.75 Å². The molecule has 1 aromatic rings. The van der Waals surface area contributed by atoms with E-state index in [1.807, 2.05) is 0 Å². The molecule has 0 aromatic heterocycles. The van der Waals surface area contributed by atoms with Crippen molar-refractivity contribution in [3.05, 3.63) is 35.3 Å². The van der Waals surface area contributed by atoms with Crippen LogP contribution in [0.15, 0.2) is 40.2 Å². The Morgan fingerprint density at radius 2 is 2.07 bits per heavy atom. The fourth-order valence-electron chi connectivity index (χ4n) is 0.953. The first-order valence-electron chi connectivity index (χ1n) is 3.99. The predicted molar refractivity (Wildman–Crippen MR) is 62.3 cm³/mol. The van der Waals surface area contributed by atoms with Gasteiger partial charge in [0.15, 0.2) is 0 Å². The first-order valence-corrected chi connectivity index (χ1v) is 6.10. The van der Waals surface area contributed by atoms with Crippen LogP contribution in [0.4, 0.5) is 0 Å². The molecule has 1 rings (SSSR count). The van der Waals surface area contributed by atoms with Crippen molar-refractivity contribution >= 4 is 26.7 Å². The quantitative estimate of drug-likeness (QED) is 0.844. The number of benzene rings is 1. The Morgan fingerprint density at radius 1 is 1.50 bits per heavy atom. The minimum Gasteiger partial charge on any atom is -0.497 e. The summed E-state index contributed by atoms with van der Waals surface area (Å²) >= 11 is 3.19. The highest BCUT2D eigenvalue weighted by Crippen LogP contribution is 2.16. The zero-order chi connectivity index (χ0) is 10.6. The van der Waals surface area contributed by atoms with E-state index in [2.05, 4.69) is 22.5 Å². The van der Waals surface area contributed by atoms with E-state index in [0.717, 1.165) is 15.1 Å². The van der Waals surface area contributed by atoms with E-state index in [4.69, 9.17) is 4.74 Å². The van der Waals surface area contributed by atoms with E-state index < -0.39 is 10.8 Å². The van der Waals surface area contributed by atoms with Crippen LogP contribution in [-0.4, -0.2) is 17.1 Å². The van der Waals surface area contributed by atoms with Crippen molar-refractivity contribution in [2.24, 2.45) is 0 Å². The second-order valence-corrected chi connectivity index (χ2v) is 5.26. The lowest BCUT2D eigenvalue weighted by molar-refractivity contribution is 0.414. The molecule has 4 heteroatoms. The minimum atomic E-state index is -1.03. The Morgan fingerprint density at radius 3 is 2.50 bits per heavy atom. The Hall–Kier alpha value is -0.610. The molecule has 0 aliphatic carbocycles. The fourth-order valence-corrected chi connectivity index (χ4v) is 2.47. The second-order valence-electron chi connectivity index (χ2n) is 2.68. The zero-order valence-electron chi connectivity index (χ0n) is 7.83. The molecule has 0 aliphatic heterocycles. The number of rotatable bonds is 4. The maximum absolute atomic E-state index is 11.6. The van der Waals surface area contributed by atoms with Crippen molar-refractivity contribution in [1.29, 1.82) is 0 Å². The first kappa shape index (κ1) is 11.5. The van der Waals surface area contributed by atoms with Gasteiger partial charge in [-0.2, -0.15) is 0 Å². The third-order valence-corrected chi connectivity index (χ3v) is 3.67. The van der Waals surface area contributed by atoms with Crippen molar-refractivity contribution in [2.75, 3.05) is 12.9 Å². The molecule has 0 heterocycles. The molecule has 0 spiro atoms. The molecule has 76 valence electrons. The monoisotopic (exact) mass is 274 g/mol. The highest BCUT2D eigenvalue weighted by Gasteiger charge is 2.04. The molecule has 0 saturated carbocycles. The first-order chi connectivity index (χ1) is 6.63. The van der Waals surface area contributed by atoms with Gasteiger partial charge in [0.05, 0.1) is 23.7 Å². The van der Waals surface area contributed by atoms with Crippen molar-refractivity contribution in [3.63, 3.8) is 0 Å². The van der Waals surface area contributed by atoms with E-state index in [0.29, 0.717) is 5.75 Å². The van der Waals surface area contributed by atoms with E-state index in [1.54, 1.807) is 31.4 Å². The largest absolute Gasteiger partial charge is 0.497 e. The van der Waals surface area contributed by atoms with Crippen LogP contribution in [0, 0.1) is 0 Å². The second kappa shape index (κ2) is 5.32. The summed E-state index contributed by atoms with van der Waals surface area (Å²) < 4.78 is 17.4. The molecular formula is C10H11BrO2S. The topological polar surface area (TPSA) is 26.3 Å². The maximum Gasteiger partial charge on any atom is 0.118 e. The third kappa shape index (κ3) is 3.27. The van der Waals surface area contributed by atoms with Gasteiger partial charge in [-0.1, -0.05) is 22.5 Å². The molecule has 0 amide bonds. The molecule has 2 nitrogen and oxygen atoms in total. The SMILES string of the molecule is C=C(Br)CS(=O)c1ccc(OC)cc1. The summed E-state index contributed by atoms with van der Waals surface area (Å²) in [6.45, 7) is 3.65. The van der Waals surface area contributed by atoms with E-state index in [9.17, 15) is 4.21 Å². The fraction of sp³-hybridized carbons (Fsp3) is 0.200. The summed E-state index contributed by atoms with van der Waals surface area (Å²) in [4.78, 5) is 0.784. The standard InChI is InChI=1S/C10H11BrO2S/c1-8(11)7-14(12)10-5-3-9(13-2)4-6-10/h3-6H,1,7H2,2H3. The van der Waals surface area contributed by atoms with Gasteiger partial charge >= 0.3 is 0 Å². The maximum atomic E-state index is 11.6. The van der Waals surface area contributed by atoms with Gasteiger partial charge in [0.25, 0.3) is 0 Å². The molecule has 0 aliphatic rings. The predicted octanol–water partition coefficient (Wildman–Crippen LogP) is 2.71. The molecule has 1 aromatic carbocycles. The van der Waals surface area contributed by atoms with Crippen molar-refractivity contribution in [2.45, 2.75) is 4.90 Å². The highest BCUT2D eigenvalue weighted by atomic mass is 79.9. The average Bonchev–Trinajstić information content (AvgIpc) is 2.17. The van der Waals surface area contributed by atoms with Crippen molar-refractivity contribution in [1.82, 2.24) is 0 Å². The van der Waals surface area contributed by atoms with E-state index in [1.165, 1.54) is 0 Å². The molecule has 0 fully saturated rings. The number of ether oxygens (including phenoxy) is 1. The smallest absolute Gasteiger partial charge is 0.118 e. The number of halogens is 1. The van der Waals surface area contributed by atoms with Gasteiger partial charge in [0.2, 0.25) is 0 Å². The Balaban J connectivity index is 2.76. The molecule has 0 radical (unpaired) electrons. The van der Waals surface area contributed by atoms with Crippen molar-refractivity contribution in [3.8, 4) is 5.75 Å². The van der Waals surface area contributed by atoms with Gasteiger partial charge in [-0.3, -0.25) is 4.21 Å². The lowest BCUT2D eigenvalue weighted by Crippen LogP contribution is -1.97. The summed E-state index contributed by atoms with van der Waals surface area (Å²) in [7, 11) is 0.578. The number of hydrogen-bond acceptors (Lipinski definition) is 2. The number of hydrogen-bond donors (Lipinski definition) is 0. The molecule has 1 unspecified atom stereocenters. The van der Waals surface area contributed by atoms with Crippen molar-refractivity contribution < 1.29 is 8.95 Å². The van der Waals surface area contributed by atoms with Crippen LogP contribution < -0.4 is 4.74 Å². The van der Waals surface area contributed by atoms with E-state index >= 15 is 0 Å². The van der Waals surface area contributed by atoms with Gasteiger partial charge in [0, 0.05) is 9.38 Å². The number of methoxy groups -OCH3 is 1. The van der Waals surface area contributed by atoms with Gasteiger partial charge in [-0.05, 0) is 24.3 Å². The highest BCUT2D eigenvalue weighted by molar-refractivity contribution is 9.11. The molecular weight excluding hydrogens is 264 g/mol. The van der Waals surface area contributed by atoms with Gasteiger partial charge in [-0.25, -0.2) is 0 Å². The van der Waals surface area contributed by atoms with Crippen LogP contribution in [-0.2, 0) is 10.8 Å². The molecule has 0 N–H and O–H groups in total. The zero-order valence-corrected chi connectivity index (χ0v) is 10.2. The van der Waals surface area contributed by atoms with Crippen LogP contribution in [0.1, 0.15) is 0 Å². The summed E-state index contributed by atoms with van der Waals surface area (Å²) in [6.07, 6.45) is 0. The van der Waals surface area contributed by atoms with E-state index in [-0.39, 0.29) is 0 Å².